The fourth-order valence-electron chi connectivity index (χ4n) is 4.52. The lowest BCUT2D eigenvalue weighted by Crippen LogP contribution is -1.98. The first-order valence-electron chi connectivity index (χ1n) is 14.1. The lowest BCUT2D eigenvalue weighted by Gasteiger charge is -2.10. The molecule has 6 rings (SSSR count). The highest BCUT2D eigenvalue weighted by molar-refractivity contribution is 14.1. The number of aliphatic hydroxyl groups excluding tert-OH is 1. The van der Waals surface area contributed by atoms with Gasteiger partial charge in [-0.2, -0.15) is 0 Å². The SMILES string of the molecule is CI.Cc1cc(CO)ccn1.Cc1cc(COc2ccc([N+](=O)[O-])c3ccccc23)ccn1.O=[N+]([O-])c1ccc(O)c2ccccc12. The first-order chi connectivity index (χ1) is 22.7. The maximum absolute atomic E-state index is 11.1. The standard InChI is InChI=1S/C17H14N2O3.C10H7NO3.C7H9NO.CH3I/c1-12-10-13(8-9-18-12)11-22-17-7-6-16(19(20)21)14-4-2-3-5-15(14)17;12-10-6-5-9(11(13)14)7-3-1-2-4-8(7)10;1-6-4-7(5-9)2-3-8-6;1-2/h2-10H,11H2,1H3;1-6,12H;2-4,9H,5H2,1H3;1H3. The van der Waals surface area contributed by atoms with Crippen molar-refractivity contribution in [2.24, 2.45) is 0 Å². The second-order valence-corrected chi connectivity index (χ2v) is 9.85. The van der Waals surface area contributed by atoms with Crippen LogP contribution in [0.4, 0.5) is 11.4 Å². The van der Waals surface area contributed by atoms with Gasteiger partial charge in [0.1, 0.15) is 18.1 Å². The number of rotatable bonds is 6. The van der Waals surface area contributed by atoms with E-state index >= 15 is 0 Å². The van der Waals surface area contributed by atoms with E-state index in [0.29, 0.717) is 28.5 Å². The number of fused-ring (bicyclic) bond motifs is 2. The van der Waals surface area contributed by atoms with Crippen LogP contribution in [0.1, 0.15) is 22.5 Å². The number of aliphatic hydroxyl groups is 1. The van der Waals surface area contributed by atoms with Crippen molar-refractivity contribution in [3.05, 3.63) is 152 Å². The second-order valence-electron chi connectivity index (χ2n) is 9.85. The molecule has 0 saturated heterocycles. The van der Waals surface area contributed by atoms with Gasteiger partial charge in [-0.15, -0.1) is 0 Å². The molecule has 0 aliphatic rings. The Balaban J connectivity index is 0.000000205. The average molecular weight is 749 g/mol. The highest BCUT2D eigenvalue weighted by Crippen LogP contribution is 2.33. The number of non-ortho nitro benzene ring substituents is 2. The Hall–Kier alpha value is -5.21. The molecular weight excluding hydrogens is 715 g/mol. The molecule has 11 nitrogen and oxygen atoms in total. The highest BCUT2D eigenvalue weighted by Gasteiger charge is 2.15. The summed E-state index contributed by atoms with van der Waals surface area (Å²) in [6.07, 6.45) is 3.43. The van der Waals surface area contributed by atoms with Gasteiger partial charge in [-0.1, -0.05) is 59.0 Å². The minimum absolute atomic E-state index is 0.0124. The summed E-state index contributed by atoms with van der Waals surface area (Å²) in [4.78, 5) is 31.0. The molecule has 2 N–H and O–H groups in total. The molecule has 0 spiro atoms. The number of phenolic OH excluding ortho intramolecular Hbond substituents is 1. The van der Waals surface area contributed by atoms with Crippen molar-refractivity contribution in [1.29, 1.82) is 0 Å². The summed E-state index contributed by atoms with van der Waals surface area (Å²) >= 11 is 2.15. The molecule has 0 aliphatic heterocycles. The van der Waals surface area contributed by atoms with Crippen molar-refractivity contribution in [2.45, 2.75) is 27.1 Å². The first-order valence-corrected chi connectivity index (χ1v) is 16.3. The number of pyridine rings is 2. The van der Waals surface area contributed by atoms with Crippen molar-refractivity contribution < 1.29 is 24.8 Å². The van der Waals surface area contributed by atoms with Gasteiger partial charge in [-0.3, -0.25) is 30.2 Å². The van der Waals surface area contributed by atoms with E-state index in [-0.39, 0.29) is 28.7 Å². The summed E-state index contributed by atoms with van der Waals surface area (Å²) in [5.74, 6) is 0.696. The fraction of sp³-hybridized carbons (Fsp3) is 0.143. The molecule has 0 saturated carbocycles. The van der Waals surface area contributed by atoms with Crippen LogP contribution in [-0.2, 0) is 13.2 Å². The van der Waals surface area contributed by atoms with Gasteiger partial charge < -0.3 is 14.9 Å². The zero-order valence-corrected chi connectivity index (χ0v) is 28.1. The zero-order chi connectivity index (χ0) is 34.3. The van der Waals surface area contributed by atoms with Crippen LogP contribution in [0.3, 0.4) is 0 Å². The number of alkyl halides is 1. The molecular formula is C35H33IN4O7. The molecule has 0 amide bonds. The number of hydrogen-bond donors (Lipinski definition) is 2. The predicted molar refractivity (Wildman–Crippen MR) is 191 cm³/mol. The predicted octanol–water partition coefficient (Wildman–Crippen LogP) is 8.42. The molecule has 2 heterocycles. The first kappa shape index (κ1) is 36.3. The number of aromatic nitrogens is 2. The Morgan fingerprint density at radius 3 is 1.66 bits per heavy atom. The topological polar surface area (TPSA) is 162 Å². The zero-order valence-electron chi connectivity index (χ0n) is 25.9. The van der Waals surface area contributed by atoms with Crippen molar-refractivity contribution in [2.75, 3.05) is 4.93 Å². The van der Waals surface area contributed by atoms with E-state index in [2.05, 4.69) is 32.6 Å². The van der Waals surface area contributed by atoms with Crippen LogP contribution >= 0.6 is 22.6 Å². The smallest absolute Gasteiger partial charge is 0.277 e. The van der Waals surface area contributed by atoms with Crippen LogP contribution in [0.5, 0.6) is 11.5 Å². The summed E-state index contributed by atoms with van der Waals surface area (Å²) in [7, 11) is 0. The lowest BCUT2D eigenvalue weighted by atomic mass is 10.1. The number of hydrogen-bond acceptors (Lipinski definition) is 9. The summed E-state index contributed by atoms with van der Waals surface area (Å²) in [5, 5.41) is 42.1. The van der Waals surface area contributed by atoms with Crippen molar-refractivity contribution in [3.63, 3.8) is 0 Å². The van der Waals surface area contributed by atoms with Crippen molar-refractivity contribution >= 4 is 55.5 Å². The number of benzene rings is 4. The van der Waals surface area contributed by atoms with Crippen LogP contribution in [0.25, 0.3) is 21.5 Å². The lowest BCUT2D eigenvalue weighted by molar-refractivity contribution is -0.383. The minimum Gasteiger partial charge on any atom is -0.507 e. The second kappa shape index (κ2) is 18.1. The molecule has 47 heavy (non-hydrogen) atoms. The molecule has 0 aliphatic carbocycles. The highest BCUT2D eigenvalue weighted by atomic mass is 127. The van der Waals surface area contributed by atoms with E-state index in [1.807, 2.05) is 49.1 Å². The van der Waals surface area contributed by atoms with Crippen LogP contribution in [0.2, 0.25) is 0 Å². The van der Waals surface area contributed by atoms with Crippen molar-refractivity contribution in [1.82, 2.24) is 9.97 Å². The number of nitro groups is 2. The average Bonchev–Trinajstić information content (AvgIpc) is 3.08. The number of halogens is 1. The van der Waals surface area contributed by atoms with Gasteiger partial charge in [-0.05, 0) is 78.4 Å². The normalized spacial score (nSPS) is 9.98. The van der Waals surface area contributed by atoms with E-state index in [0.717, 1.165) is 27.9 Å². The van der Waals surface area contributed by atoms with Gasteiger partial charge >= 0.3 is 0 Å². The molecule has 4 aromatic carbocycles. The number of nitro benzene ring substituents is 2. The third-order valence-corrected chi connectivity index (χ3v) is 6.63. The summed E-state index contributed by atoms with van der Waals surface area (Å²) < 4.78 is 5.84. The quantitative estimate of drug-likeness (QED) is 0.0737. The fourth-order valence-corrected chi connectivity index (χ4v) is 4.52. The maximum atomic E-state index is 11.1. The van der Waals surface area contributed by atoms with Gasteiger partial charge in [0.2, 0.25) is 0 Å². The molecule has 2 aromatic heterocycles. The molecule has 0 fully saturated rings. The summed E-state index contributed by atoms with van der Waals surface area (Å²) in [5.41, 5.74) is 3.90. The molecule has 0 radical (unpaired) electrons. The molecule has 0 bridgehead atoms. The van der Waals surface area contributed by atoms with E-state index in [1.165, 1.54) is 18.2 Å². The third-order valence-electron chi connectivity index (χ3n) is 6.63. The Bertz CT molecular complexity index is 1970. The van der Waals surface area contributed by atoms with Crippen molar-refractivity contribution in [3.8, 4) is 11.5 Å². The Labute approximate surface area is 285 Å². The molecule has 0 unspecified atom stereocenters. The number of nitrogens with zero attached hydrogens (tertiary/aromatic N) is 4. The van der Waals surface area contributed by atoms with Crippen LogP contribution in [-0.4, -0.2) is 35.0 Å². The van der Waals surface area contributed by atoms with E-state index in [1.54, 1.807) is 60.9 Å². The number of aromatic hydroxyl groups is 1. The molecule has 0 atom stereocenters. The van der Waals surface area contributed by atoms with E-state index in [9.17, 15) is 25.3 Å². The number of phenols is 1. The van der Waals surface area contributed by atoms with Gasteiger partial charge in [0.05, 0.1) is 27.2 Å². The van der Waals surface area contributed by atoms with Crippen LogP contribution in [0, 0.1) is 34.1 Å². The van der Waals surface area contributed by atoms with Gasteiger partial charge in [0.15, 0.2) is 0 Å². The third kappa shape index (κ3) is 10.1. The largest absolute Gasteiger partial charge is 0.507 e. The molecule has 6 aromatic rings. The van der Waals surface area contributed by atoms with Crippen LogP contribution < -0.4 is 4.74 Å². The van der Waals surface area contributed by atoms with E-state index in [4.69, 9.17) is 9.84 Å². The Morgan fingerprint density at radius 2 is 1.15 bits per heavy atom. The summed E-state index contributed by atoms with van der Waals surface area (Å²) in [6.45, 7) is 4.32. The Kier molecular flexibility index (Phi) is 13.9. The van der Waals surface area contributed by atoms with Gasteiger partial charge in [0.25, 0.3) is 11.4 Å². The van der Waals surface area contributed by atoms with E-state index < -0.39 is 4.92 Å². The van der Waals surface area contributed by atoms with Gasteiger partial charge in [-0.25, -0.2) is 0 Å². The molecule has 242 valence electrons. The monoisotopic (exact) mass is 748 g/mol. The number of aryl methyl sites for hydroxylation is 2. The maximum Gasteiger partial charge on any atom is 0.277 e. The number of ether oxygens (including phenoxy) is 1. The molecule has 12 heteroatoms. The van der Waals surface area contributed by atoms with Crippen LogP contribution in [0.15, 0.2) is 109 Å². The Morgan fingerprint density at radius 1 is 0.681 bits per heavy atom. The summed E-state index contributed by atoms with van der Waals surface area (Å²) in [6, 6.07) is 27.2. The van der Waals surface area contributed by atoms with Gasteiger partial charge in [0, 0.05) is 46.7 Å². The minimum atomic E-state index is -0.457.